The predicted molar refractivity (Wildman–Crippen MR) is 151 cm³/mol. The van der Waals surface area contributed by atoms with E-state index in [2.05, 4.69) is 10.6 Å². The van der Waals surface area contributed by atoms with Crippen LogP contribution in [0.3, 0.4) is 0 Å². The number of rotatable bonds is 10. The molecule has 45 heavy (non-hydrogen) atoms. The number of carbonyl (C=O) groups is 3. The van der Waals surface area contributed by atoms with E-state index in [1.807, 2.05) is 0 Å². The Morgan fingerprint density at radius 2 is 1.49 bits per heavy atom. The number of benzene rings is 2. The van der Waals surface area contributed by atoms with Gasteiger partial charge in [-0.2, -0.15) is 26.3 Å². The number of amides is 3. The van der Waals surface area contributed by atoms with Gasteiger partial charge < -0.3 is 42.8 Å². The minimum atomic E-state index is -4.92. The maximum Gasteiger partial charge on any atom is 0.488 e. The molecule has 11 nitrogen and oxygen atoms in total. The topological polar surface area (TPSA) is 197 Å². The van der Waals surface area contributed by atoms with Crippen molar-refractivity contribution in [3.63, 3.8) is 0 Å². The van der Waals surface area contributed by atoms with Gasteiger partial charge in [-0.15, -0.1) is 0 Å². The van der Waals surface area contributed by atoms with Crippen molar-refractivity contribution in [1.29, 1.82) is 0 Å². The van der Waals surface area contributed by atoms with Crippen molar-refractivity contribution >= 4 is 36.0 Å². The zero-order chi connectivity index (χ0) is 33.7. The Hall–Kier alpha value is -3.71. The average molecular weight is 646 g/mol. The number of halogens is 6. The Balaban J connectivity index is 1.78. The van der Waals surface area contributed by atoms with Crippen LogP contribution in [0, 0.1) is 0 Å². The van der Waals surface area contributed by atoms with Gasteiger partial charge >= 0.3 is 19.5 Å². The highest BCUT2D eigenvalue weighted by Gasteiger charge is 2.34. The number of nitrogens with zero attached hydrogens (tertiary/aromatic N) is 1. The average Bonchev–Trinajstić information content (AvgIpc) is 2.93. The third kappa shape index (κ3) is 10.4. The Bertz CT molecular complexity index is 1350. The van der Waals surface area contributed by atoms with Gasteiger partial charge in [-0.3, -0.25) is 14.4 Å². The standard InChI is InChI=1S/C27H33BF6N6O5/c29-26(30,31)15-3-1-14(2-4-15)7-22(25(43)38-20-9-16(27(32,33)34)8-17(10-20)28(44)45)39-24(42)21(37)5-6-23(41)40-12-18(35)11-19(36)13-40/h1-4,8-10,18-19,21-22,44-45H,5-7,11-13,35-37H2,(H,38,43)(H,39,42)/t18-,19+,21-,22+/m0/s1. The smallest absolute Gasteiger partial charge is 0.423 e. The van der Waals surface area contributed by atoms with Crippen LogP contribution in [0.4, 0.5) is 32.0 Å². The third-order valence-corrected chi connectivity index (χ3v) is 7.08. The van der Waals surface area contributed by atoms with E-state index in [0.717, 1.165) is 30.3 Å². The van der Waals surface area contributed by atoms with Crippen LogP contribution in [0.25, 0.3) is 0 Å². The first kappa shape index (κ1) is 35.8. The number of carbonyl (C=O) groups excluding carboxylic acids is 3. The molecule has 246 valence electrons. The Kier molecular flexibility index (Phi) is 11.6. The van der Waals surface area contributed by atoms with E-state index in [-0.39, 0.29) is 49.5 Å². The first-order chi connectivity index (χ1) is 20.8. The Labute approximate surface area is 254 Å². The second kappa shape index (κ2) is 14.6. The van der Waals surface area contributed by atoms with Gasteiger partial charge in [-0.1, -0.05) is 18.2 Å². The van der Waals surface area contributed by atoms with Gasteiger partial charge in [0.05, 0.1) is 17.2 Å². The highest BCUT2D eigenvalue weighted by atomic mass is 19.4. The maximum atomic E-state index is 13.4. The molecule has 18 heteroatoms. The predicted octanol–water partition coefficient (Wildman–Crippen LogP) is 0.0644. The molecule has 0 aromatic heterocycles. The summed E-state index contributed by atoms with van der Waals surface area (Å²) in [6.07, 6.45) is -9.76. The van der Waals surface area contributed by atoms with E-state index in [1.54, 1.807) is 0 Å². The van der Waals surface area contributed by atoms with Gasteiger partial charge in [0.25, 0.3) is 0 Å². The fraction of sp³-hybridized carbons (Fsp3) is 0.444. The summed E-state index contributed by atoms with van der Waals surface area (Å²) >= 11 is 0. The van der Waals surface area contributed by atoms with Crippen molar-refractivity contribution in [3.8, 4) is 0 Å². The van der Waals surface area contributed by atoms with Gasteiger partial charge in [0, 0.05) is 43.7 Å². The number of hydrogen-bond acceptors (Lipinski definition) is 8. The van der Waals surface area contributed by atoms with Crippen molar-refractivity contribution < 1.29 is 50.8 Å². The summed E-state index contributed by atoms with van der Waals surface area (Å²) in [5.74, 6) is -2.35. The van der Waals surface area contributed by atoms with Crippen LogP contribution in [-0.4, -0.2) is 77.0 Å². The largest absolute Gasteiger partial charge is 0.488 e. The molecule has 4 atom stereocenters. The summed E-state index contributed by atoms with van der Waals surface area (Å²) in [6.45, 7) is 0.543. The molecule has 2 aromatic carbocycles. The molecule has 1 aliphatic rings. The maximum absolute atomic E-state index is 13.4. The highest BCUT2D eigenvalue weighted by molar-refractivity contribution is 6.58. The lowest BCUT2D eigenvalue weighted by Gasteiger charge is -2.34. The zero-order valence-corrected chi connectivity index (χ0v) is 23.7. The Morgan fingerprint density at radius 3 is 2.02 bits per heavy atom. The number of anilines is 1. The van der Waals surface area contributed by atoms with Gasteiger partial charge in [0.1, 0.15) is 6.04 Å². The first-order valence-corrected chi connectivity index (χ1v) is 13.7. The summed E-state index contributed by atoms with van der Waals surface area (Å²) in [7, 11) is -2.32. The monoisotopic (exact) mass is 646 g/mol. The second-order valence-corrected chi connectivity index (χ2v) is 10.9. The Morgan fingerprint density at radius 1 is 0.911 bits per heavy atom. The van der Waals surface area contributed by atoms with E-state index < -0.39 is 72.1 Å². The van der Waals surface area contributed by atoms with Crippen molar-refractivity contribution in [3.05, 3.63) is 59.2 Å². The van der Waals surface area contributed by atoms with E-state index in [9.17, 15) is 50.8 Å². The van der Waals surface area contributed by atoms with Crippen LogP contribution < -0.4 is 33.3 Å². The summed E-state index contributed by atoms with van der Waals surface area (Å²) < 4.78 is 79.2. The molecule has 0 saturated carbocycles. The molecule has 0 spiro atoms. The molecule has 1 aliphatic heterocycles. The van der Waals surface area contributed by atoms with E-state index in [4.69, 9.17) is 17.2 Å². The fourth-order valence-electron chi connectivity index (χ4n) is 4.77. The molecular formula is C27H33BF6N6O5. The minimum absolute atomic E-state index is 0.153. The van der Waals surface area contributed by atoms with Gasteiger partial charge in [0.15, 0.2) is 0 Å². The lowest BCUT2D eigenvalue weighted by Crippen LogP contribution is -2.54. The van der Waals surface area contributed by atoms with E-state index in [0.29, 0.717) is 18.6 Å². The SMILES string of the molecule is N[C@@H]1C[C@H](N)CN(C(=O)CC[C@H](N)C(=O)N[C@H](Cc2ccc(C(F)(F)F)cc2)C(=O)Nc2cc(B(O)O)cc(C(F)(F)F)c2)C1. The molecule has 2 aromatic rings. The molecule has 10 N–H and O–H groups in total. The number of nitrogens with one attached hydrogen (secondary N) is 2. The summed E-state index contributed by atoms with van der Waals surface area (Å²) in [4.78, 5) is 40.3. The second-order valence-electron chi connectivity index (χ2n) is 10.9. The molecule has 0 radical (unpaired) electrons. The van der Waals surface area contributed by atoms with Crippen molar-refractivity contribution in [1.82, 2.24) is 10.2 Å². The normalized spacial score (nSPS) is 18.6. The van der Waals surface area contributed by atoms with Crippen LogP contribution in [0.1, 0.15) is 36.0 Å². The van der Waals surface area contributed by atoms with E-state index in [1.165, 1.54) is 4.90 Å². The number of nitrogens with two attached hydrogens (primary N) is 3. The molecule has 3 rings (SSSR count). The lowest BCUT2D eigenvalue weighted by atomic mass is 9.79. The molecule has 1 saturated heterocycles. The minimum Gasteiger partial charge on any atom is -0.423 e. The van der Waals surface area contributed by atoms with Crippen molar-refractivity contribution in [2.24, 2.45) is 17.2 Å². The lowest BCUT2D eigenvalue weighted by molar-refractivity contribution is -0.138. The summed E-state index contributed by atoms with van der Waals surface area (Å²) in [5, 5.41) is 23.4. The molecule has 1 heterocycles. The van der Waals surface area contributed by atoms with Gasteiger partial charge in [-0.05, 0) is 48.1 Å². The highest BCUT2D eigenvalue weighted by Crippen LogP contribution is 2.31. The molecule has 0 unspecified atom stereocenters. The quantitative estimate of drug-likeness (QED) is 0.139. The van der Waals surface area contributed by atoms with Crippen LogP contribution in [0.2, 0.25) is 0 Å². The van der Waals surface area contributed by atoms with Crippen molar-refractivity contribution in [2.75, 3.05) is 18.4 Å². The van der Waals surface area contributed by atoms with Crippen LogP contribution >= 0.6 is 0 Å². The number of hydrogen-bond donors (Lipinski definition) is 7. The van der Waals surface area contributed by atoms with Gasteiger partial charge in [-0.25, -0.2) is 0 Å². The summed E-state index contributed by atoms with van der Waals surface area (Å²) in [5.41, 5.74) is 14.5. The zero-order valence-electron chi connectivity index (χ0n) is 23.7. The molecule has 1 fully saturated rings. The number of alkyl halides is 6. The molecule has 3 amide bonds. The van der Waals surface area contributed by atoms with Crippen LogP contribution in [0.5, 0.6) is 0 Å². The number of piperidine rings is 1. The molecule has 0 bridgehead atoms. The van der Waals surface area contributed by atoms with Gasteiger partial charge in [0.2, 0.25) is 17.7 Å². The van der Waals surface area contributed by atoms with Crippen LogP contribution in [0.15, 0.2) is 42.5 Å². The van der Waals surface area contributed by atoms with E-state index >= 15 is 0 Å². The third-order valence-electron chi connectivity index (χ3n) is 7.08. The first-order valence-electron chi connectivity index (χ1n) is 13.7. The van der Waals surface area contributed by atoms with Crippen molar-refractivity contribution in [2.45, 2.75) is 62.2 Å². The summed E-state index contributed by atoms with van der Waals surface area (Å²) in [6, 6.07) is 1.97. The fourth-order valence-corrected chi connectivity index (χ4v) is 4.77. The molecule has 0 aliphatic carbocycles. The number of likely N-dealkylation sites (tertiary alicyclic amines) is 1. The van der Waals surface area contributed by atoms with Crippen LogP contribution in [-0.2, 0) is 33.2 Å². The molecular weight excluding hydrogens is 613 g/mol.